The van der Waals surface area contributed by atoms with Crippen molar-refractivity contribution in [3.63, 3.8) is 0 Å². The number of nitrogens with zero attached hydrogens (tertiary/aromatic N) is 1. The Labute approximate surface area is 166 Å². The van der Waals surface area contributed by atoms with Gasteiger partial charge in [-0.05, 0) is 74.6 Å². The summed E-state index contributed by atoms with van der Waals surface area (Å²) >= 11 is 0. The number of nitrogens with one attached hydrogen (secondary N) is 1. The summed E-state index contributed by atoms with van der Waals surface area (Å²) < 4.78 is 18.6. The molecule has 2 aromatic carbocycles. The molecule has 0 radical (unpaired) electrons. The van der Waals surface area contributed by atoms with E-state index < -0.39 is 6.10 Å². The first-order valence-electron chi connectivity index (χ1n) is 10.00. The fourth-order valence-electron chi connectivity index (χ4n) is 3.43. The highest BCUT2D eigenvalue weighted by Crippen LogP contribution is 2.24. The lowest BCUT2D eigenvalue weighted by Gasteiger charge is -2.32. The molecule has 2 aromatic rings. The molecule has 1 aliphatic rings. The van der Waals surface area contributed by atoms with Crippen LogP contribution in [0.25, 0.3) is 0 Å². The van der Waals surface area contributed by atoms with Crippen LogP contribution in [0.2, 0.25) is 0 Å². The van der Waals surface area contributed by atoms with Gasteiger partial charge in [-0.25, -0.2) is 4.39 Å². The number of rotatable bonds is 6. The number of ether oxygens (including phenoxy) is 1. The summed E-state index contributed by atoms with van der Waals surface area (Å²) in [5.41, 5.74) is 2.29. The smallest absolute Gasteiger partial charge is 0.261 e. The minimum atomic E-state index is -0.664. The molecule has 4 nitrogen and oxygen atoms in total. The number of benzene rings is 2. The average molecular weight is 384 g/mol. The Morgan fingerprint density at radius 1 is 1.07 bits per heavy atom. The second kappa shape index (κ2) is 9.09. The summed E-state index contributed by atoms with van der Waals surface area (Å²) in [7, 11) is 0. The van der Waals surface area contributed by atoms with Crippen molar-refractivity contribution in [1.29, 1.82) is 0 Å². The standard InChI is InChI=1S/C23H29FN2O2/c1-16-12-14-26(15-13-16)21-8-4-19(5-9-21)17(2)25-23(27)18(3)28-22-10-6-20(24)7-11-22/h4-11,16-18H,12-15H2,1-3H3,(H,25,27)/t17-,18-/m0/s1. The first kappa shape index (κ1) is 20.2. The van der Waals surface area contributed by atoms with Crippen LogP contribution in [-0.4, -0.2) is 25.1 Å². The summed E-state index contributed by atoms with van der Waals surface area (Å²) in [6.45, 7) is 8.16. The molecule has 0 spiro atoms. The maximum Gasteiger partial charge on any atom is 0.261 e. The molecule has 2 atom stereocenters. The third kappa shape index (κ3) is 5.24. The fourth-order valence-corrected chi connectivity index (χ4v) is 3.43. The van der Waals surface area contributed by atoms with Crippen LogP contribution in [0.1, 0.15) is 45.2 Å². The van der Waals surface area contributed by atoms with Crippen LogP contribution >= 0.6 is 0 Å². The predicted molar refractivity (Wildman–Crippen MR) is 110 cm³/mol. The second-order valence-corrected chi connectivity index (χ2v) is 7.71. The first-order valence-corrected chi connectivity index (χ1v) is 10.00. The lowest BCUT2D eigenvalue weighted by molar-refractivity contribution is -0.127. The van der Waals surface area contributed by atoms with Gasteiger partial charge in [-0.2, -0.15) is 0 Å². The quantitative estimate of drug-likeness (QED) is 0.784. The number of hydrogen-bond donors (Lipinski definition) is 1. The highest BCUT2D eigenvalue weighted by atomic mass is 19.1. The van der Waals surface area contributed by atoms with Crippen LogP contribution < -0.4 is 15.0 Å². The molecule has 0 saturated carbocycles. The number of carbonyl (C=O) groups excluding carboxylic acids is 1. The van der Waals surface area contributed by atoms with Crippen molar-refractivity contribution < 1.29 is 13.9 Å². The monoisotopic (exact) mass is 384 g/mol. The Hall–Kier alpha value is -2.56. The van der Waals surface area contributed by atoms with Crippen LogP contribution in [0.3, 0.4) is 0 Å². The summed E-state index contributed by atoms with van der Waals surface area (Å²) in [5.74, 6) is 0.744. The molecule has 1 amide bonds. The number of piperidine rings is 1. The lowest BCUT2D eigenvalue weighted by atomic mass is 9.98. The predicted octanol–water partition coefficient (Wildman–Crippen LogP) is 4.71. The normalized spacial score (nSPS) is 17.1. The van der Waals surface area contributed by atoms with Gasteiger partial charge in [-0.3, -0.25) is 4.79 Å². The van der Waals surface area contributed by atoms with Crippen molar-refractivity contribution in [3.8, 4) is 5.75 Å². The van der Waals surface area contributed by atoms with E-state index in [2.05, 4.69) is 41.4 Å². The van der Waals surface area contributed by atoms with E-state index in [1.165, 1.54) is 42.8 Å². The number of hydrogen-bond acceptors (Lipinski definition) is 3. The Bertz CT molecular complexity index is 768. The molecule has 0 bridgehead atoms. The molecule has 5 heteroatoms. The van der Waals surface area contributed by atoms with Crippen LogP contribution in [0.15, 0.2) is 48.5 Å². The van der Waals surface area contributed by atoms with Crippen molar-refractivity contribution in [2.45, 2.75) is 45.8 Å². The van der Waals surface area contributed by atoms with Gasteiger partial charge in [-0.1, -0.05) is 19.1 Å². The third-order valence-corrected chi connectivity index (χ3v) is 5.40. The van der Waals surface area contributed by atoms with Gasteiger partial charge in [0, 0.05) is 18.8 Å². The van der Waals surface area contributed by atoms with Gasteiger partial charge in [0.05, 0.1) is 6.04 Å². The van der Waals surface area contributed by atoms with E-state index in [0.29, 0.717) is 5.75 Å². The number of halogens is 1. The molecular weight excluding hydrogens is 355 g/mol. The molecule has 150 valence electrons. The topological polar surface area (TPSA) is 41.6 Å². The van der Waals surface area contributed by atoms with Gasteiger partial charge in [-0.15, -0.1) is 0 Å². The molecule has 1 aliphatic heterocycles. The van der Waals surface area contributed by atoms with Gasteiger partial charge in [0.15, 0.2) is 6.10 Å². The first-order chi connectivity index (χ1) is 13.4. The van der Waals surface area contributed by atoms with Gasteiger partial charge in [0.2, 0.25) is 0 Å². The minimum Gasteiger partial charge on any atom is -0.481 e. The molecule has 1 saturated heterocycles. The van der Waals surface area contributed by atoms with Gasteiger partial charge < -0.3 is 15.0 Å². The Balaban J connectivity index is 1.53. The summed E-state index contributed by atoms with van der Waals surface area (Å²) in [6, 6.07) is 13.9. The lowest BCUT2D eigenvalue weighted by Crippen LogP contribution is -2.37. The zero-order valence-electron chi connectivity index (χ0n) is 16.8. The maximum atomic E-state index is 13.0. The molecule has 0 aliphatic carbocycles. The van der Waals surface area contributed by atoms with Crippen LogP contribution in [0.4, 0.5) is 10.1 Å². The second-order valence-electron chi connectivity index (χ2n) is 7.71. The van der Waals surface area contributed by atoms with E-state index in [1.807, 2.05) is 6.92 Å². The highest BCUT2D eigenvalue weighted by Gasteiger charge is 2.19. The minimum absolute atomic E-state index is 0.123. The molecule has 1 heterocycles. The average Bonchev–Trinajstić information content (AvgIpc) is 2.70. The molecule has 28 heavy (non-hydrogen) atoms. The van der Waals surface area contributed by atoms with Gasteiger partial charge >= 0.3 is 0 Å². The van der Waals surface area contributed by atoms with E-state index in [1.54, 1.807) is 6.92 Å². The van der Waals surface area contributed by atoms with E-state index >= 15 is 0 Å². The molecule has 0 unspecified atom stereocenters. The van der Waals surface area contributed by atoms with Crippen molar-refractivity contribution in [2.24, 2.45) is 5.92 Å². The van der Waals surface area contributed by atoms with Crippen molar-refractivity contribution in [2.75, 3.05) is 18.0 Å². The van der Waals surface area contributed by atoms with Gasteiger partial charge in [0.1, 0.15) is 11.6 Å². The largest absolute Gasteiger partial charge is 0.481 e. The summed E-state index contributed by atoms with van der Waals surface area (Å²) in [6.07, 6.45) is 1.81. The molecule has 3 rings (SSSR count). The van der Waals surface area contributed by atoms with Gasteiger partial charge in [0.25, 0.3) is 5.91 Å². The van der Waals surface area contributed by atoms with Crippen LogP contribution in [-0.2, 0) is 4.79 Å². The summed E-state index contributed by atoms with van der Waals surface area (Å²) in [5, 5.41) is 2.98. The van der Waals surface area contributed by atoms with Crippen LogP contribution in [0.5, 0.6) is 5.75 Å². The third-order valence-electron chi connectivity index (χ3n) is 5.40. The van der Waals surface area contributed by atoms with Crippen molar-refractivity contribution in [3.05, 3.63) is 59.9 Å². The highest BCUT2D eigenvalue weighted by molar-refractivity contribution is 5.81. The molecule has 1 N–H and O–H groups in total. The molecule has 0 aromatic heterocycles. The zero-order chi connectivity index (χ0) is 20.1. The van der Waals surface area contributed by atoms with E-state index in [4.69, 9.17) is 4.74 Å². The van der Waals surface area contributed by atoms with E-state index in [0.717, 1.165) is 24.6 Å². The van der Waals surface area contributed by atoms with Crippen molar-refractivity contribution in [1.82, 2.24) is 5.32 Å². The Kier molecular flexibility index (Phi) is 6.55. The maximum absolute atomic E-state index is 13.0. The van der Waals surface area contributed by atoms with Crippen LogP contribution in [0, 0.1) is 11.7 Å². The number of amides is 1. The Morgan fingerprint density at radius 3 is 2.29 bits per heavy atom. The molecular formula is C23H29FN2O2. The SMILES string of the molecule is CC1CCN(c2ccc([C@H](C)NC(=O)[C@H](C)Oc3ccc(F)cc3)cc2)CC1. The zero-order valence-corrected chi connectivity index (χ0v) is 16.8. The fraction of sp³-hybridized carbons (Fsp3) is 0.435. The Morgan fingerprint density at radius 2 is 1.68 bits per heavy atom. The van der Waals surface area contributed by atoms with E-state index in [-0.39, 0.29) is 17.8 Å². The van der Waals surface area contributed by atoms with Crippen molar-refractivity contribution >= 4 is 11.6 Å². The number of carbonyl (C=O) groups is 1. The molecule has 1 fully saturated rings. The van der Waals surface area contributed by atoms with E-state index in [9.17, 15) is 9.18 Å². The number of anilines is 1. The summed E-state index contributed by atoms with van der Waals surface area (Å²) in [4.78, 5) is 14.8.